The lowest BCUT2D eigenvalue weighted by Gasteiger charge is -2.26. The third-order valence-corrected chi connectivity index (χ3v) is 4.91. The van der Waals surface area contributed by atoms with Crippen molar-refractivity contribution in [3.05, 3.63) is 51.3 Å². The van der Waals surface area contributed by atoms with Gasteiger partial charge in [0.15, 0.2) is 0 Å². The Morgan fingerprint density at radius 1 is 1.24 bits per heavy atom. The van der Waals surface area contributed by atoms with Gasteiger partial charge in [0.25, 0.3) is 0 Å². The molecule has 2 unspecified atom stereocenters. The van der Waals surface area contributed by atoms with E-state index in [1.54, 1.807) is 0 Å². The van der Waals surface area contributed by atoms with Gasteiger partial charge in [0, 0.05) is 16.2 Å². The lowest BCUT2D eigenvalue weighted by molar-refractivity contribution is 0.414. The Morgan fingerprint density at radius 3 is 2.43 bits per heavy atom. The first kappa shape index (κ1) is 16.2. The lowest BCUT2D eigenvalue weighted by Crippen LogP contribution is -2.34. The van der Waals surface area contributed by atoms with Crippen LogP contribution in [0, 0.1) is 13.8 Å². The van der Waals surface area contributed by atoms with E-state index in [4.69, 9.17) is 10.8 Å². The molecule has 0 radical (unpaired) electrons. The van der Waals surface area contributed by atoms with Gasteiger partial charge in [0.2, 0.25) is 0 Å². The number of benzene rings is 1. The SMILES string of the molecule is CCc1c(C)nn(C(c2ccccc2Br)C(N)CC)c1C. The van der Waals surface area contributed by atoms with Crippen molar-refractivity contribution in [2.45, 2.75) is 52.6 Å². The first-order valence-corrected chi connectivity index (χ1v) is 8.35. The molecule has 3 nitrogen and oxygen atoms in total. The fourth-order valence-electron chi connectivity index (χ4n) is 2.96. The van der Waals surface area contributed by atoms with Crippen molar-refractivity contribution in [3.63, 3.8) is 0 Å². The fraction of sp³-hybridized carbons (Fsp3) is 0.471. The molecule has 0 fully saturated rings. The number of aromatic nitrogens is 2. The highest BCUT2D eigenvalue weighted by Crippen LogP contribution is 2.31. The molecule has 1 heterocycles. The molecule has 0 bridgehead atoms. The highest BCUT2D eigenvalue weighted by atomic mass is 79.9. The van der Waals surface area contributed by atoms with Gasteiger partial charge in [-0.15, -0.1) is 0 Å². The number of hydrogen-bond donors (Lipinski definition) is 1. The molecule has 2 rings (SSSR count). The predicted molar refractivity (Wildman–Crippen MR) is 91.6 cm³/mol. The molecule has 0 aliphatic rings. The van der Waals surface area contributed by atoms with Crippen molar-refractivity contribution in [2.24, 2.45) is 5.73 Å². The van der Waals surface area contributed by atoms with Gasteiger partial charge in [-0.25, -0.2) is 0 Å². The van der Waals surface area contributed by atoms with Crippen LogP contribution in [0.5, 0.6) is 0 Å². The summed E-state index contributed by atoms with van der Waals surface area (Å²) in [6, 6.07) is 8.38. The third kappa shape index (κ3) is 3.06. The van der Waals surface area contributed by atoms with Crippen molar-refractivity contribution in [1.29, 1.82) is 0 Å². The normalized spacial score (nSPS) is 14.2. The number of nitrogens with two attached hydrogens (primary N) is 1. The van der Waals surface area contributed by atoms with Crippen LogP contribution in [0.2, 0.25) is 0 Å². The Labute approximate surface area is 135 Å². The molecule has 1 aromatic carbocycles. The van der Waals surface area contributed by atoms with Gasteiger partial charge < -0.3 is 5.73 Å². The third-order valence-electron chi connectivity index (χ3n) is 4.19. The molecule has 0 aliphatic carbocycles. The van der Waals surface area contributed by atoms with Gasteiger partial charge in [-0.1, -0.05) is 48.0 Å². The molecule has 0 aliphatic heterocycles. The van der Waals surface area contributed by atoms with Gasteiger partial charge in [-0.05, 0) is 43.9 Å². The molecule has 0 spiro atoms. The maximum atomic E-state index is 6.44. The Morgan fingerprint density at radius 2 is 1.90 bits per heavy atom. The molecule has 0 saturated heterocycles. The van der Waals surface area contributed by atoms with Gasteiger partial charge in [0.1, 0.15) is 0 Å². The summed E-state index contributed by atoms with van der Waals surface area (Å²) in [5.41, 5.74) is 11.3. The van der Waals surface area contributed by atoms with E-state index in [0.717, 1.165) is 23.0 Å². The highest BCUT2D eigenvalue weighted by Gasteiger charge is 2.26. The van der Waals surface area contributed by atoms with E-state index in [0.29, 0.717) is 0 Å². The maximum Gasteiger partial charge on any atom is 0.0933 e. The van der Waals surface area contributed by atoms with E-state index in [1.165, 1.54) is 16.8 Å². The smallest absolute Gasteiger partial charge is 0.0933 e. The molecular formula is C17H24BrN3. The summed E-state index contributed by atoms with van der Waals surface area (Å²) in [6.07, 6.45) is 1.91. The monoisotopic (exact) mass is 349 g/mol. The zero-order chi connectivity index (χ0) is 15.6. The standard InChI is InChI=1S/C17H24BrN3/c1-5-13-11(3)20-21(12(13)4)17(16(19)6-2)14-9-7-8-10-15(14)18/h7-10,16-17H,5-6,19H2,1-4H3. The summed E-state index contributed by atoms with van der Waals surface area (Å²) >= 11 is 3.66. The summed E-state index contributed by atoms with van der Waals surface area (Å²) in [4.78, 5) is 0. The number of nitrogens with zero attached hydrogens (tertiary/aromatic N) is 2. The molecular weight excluding hydrogens is 326 g/mol. The van der Waals surface area contributed by atoms with E-state index in [-0.39, 0.29) is 12.1 Å². The van der Waals surface area contributed by atoms with Crippen molar-refractivity contribution < 1.29 is 0 Å². The molecule has 2 N–H and O–H groups in total. The average molecular weight is 350 g/mol. The molecule has 0 amide bonds. The number of aryl methyl sites for hydroxylation is 1. The minimum Gasteiger partial charge on any atom is -0.326 e. The van der Waals surface area contributed by atoms with Crippen LogP contribution in [0.3, 0.4) is 0 Å². The lowest BCUT2D eigenvalue weighted by atomic mass is 9.97. The van der Waals surface area contributed by atoms with Crippen LogP contribution in [0.15, 0.2) is 28.7 Å². The van der Waals surface area contributed by atoms with E-state index < -0.39 is 0 Å². The van der Waals surface area contributed by atoms with E-state index in [2.05, 4.69) is 66.5 Å². The molecule has 114 valence electrons. The molecule has 21 heavy (non-hydrogen) atoms. The Bertz CT molecular complexity index is 618. The summed E-state index contributed by atoms with van der Waals surface area (Å²) < 4.78 is 3.20. The van der Waals surface area contributed by atoms with E-state index in [1.807, 2.05) is 6.07 Å². The van der Waals surface area contributed by atoms with Crippen LogP contribution in [-0.4, -0.2) is 15.8 Å². The largest absolute Gasteiger partial charge is 0.326 e. The second-order valence-corrected chi connectivity index (χ2v) is 6.34. The summed E-state index contributed by atoms with van der Waals surface area (Å²) in [6.45, 7) is 8.53. The minimum absolute atomic E-state index is 0.0337. The van der Waals surface area contributed by atoms with Crippen LogP contribution in [-0.2, 0) is 6.42 Å². The fourth-order valence-corrected chi connectivity index (χ4v) is 3.48. The maximum absolute atomic E-state index is 6.44. The second-order valence-electron chi connectivity index (χ2n) is 5.49. The summed E-state index contributed by atoms with van der Waals surface area (Å²) in [5, 5.41) is 4.78. The highest BCUT2D eigenvalue weighted by molar-refractivity contribution is 9.10. The Kier molecular flexibility index (Phi) is 5.22. The summed E-state index contributed by atoms with van der Waals surface area (Å²) in [5.74, 6) is 0. The molecule has 2 atom stereocenters. The molecule has 4 heteroatoms. The van der Waals surface area contributed by atoms with Crippen molar-refractivity contribution in [1.82, 2.24) is 9.78 Å². The quantitative estimate of drug-likeness (QED) is 0.880. The number of rotatable bonds is 5. The van der Waals surface area contributed by atoms with Gasteiger partial charge in [-0.2, -0.15) is 5.10 Å². The van der Waals surface area contributed by atoms with E-state index in [9.17, 15) is 0 Å². The number of hydrogen-bond acceptors (Lipinski definition) is 2. The van der Waals surface area contributed by atoms with Gasteiger partial charge >= 0.3 is 0 Å². The van der Waals surface area contributed by atoms with E-state index >= 15 is 0 Å². The predicted octanol–water partition coefficient (Wildman–Crippen LogP) is 4.15. The van der Waals surface area contributed by atoms with Crippen molar-refractivity contribution in [2.75, 3.05) is 0 Å². The second kappa shape index (κ2) is 6.75. The molecule has 1 aromatic heterocycles. The van der Waals surface area contributed by atoms with Crippen LogP contribution in [0.25, 0.3) is 0 Å². The zero-order valence-corrected chi connectivity index (χ0v) is 14.8. The molecule has 0 saturated carbocycles. The summed E-state index contributed by atoms with van der Waals surface area (Å²) in [7, 11) is 0. The van der Waals surface area contributed by atoms with Crippen LogP contribution in [0.4, 0.5) is 0 Å². The number of halogens is 1. The Balaban J connectivity index is 2.60. The minimum atomic E-state index is 0.0337. The van der Waals surface area contributed by atoms with Gasteiger partial charge in [0.05, 0.1) is 11.7 Å². The zero-order valence-electron chi connectivity index (χ0n) is 13.2. The Hall–Kier alpha value is -1.13. The topological polar surface area (TPSA) is 43.8 Å². The van der Waals surface area contributed by atoms with Crippen LogP contribution >= 0.6 is 15.9 Å². The molecule has 2 aromatic rings. The van der Waals surface area contributed by atoms with Gasteiger partial charge in [-0.3, -0.25) is 4.68 Å². The average Bonchev–Trinajstić information content (AvgIpc) is 2.75. The van der Waals surface area contributed by atoms with Crippen molar-refractivity contribution in [3.8, 4) is 0 Å². The van der Waals surface area contributed by atoms with Crippen LogP contribution < -0.4 is 5.73 Å². The van der Waals surface area contributed by atoms with Crippen molar-refractivity contribution >= 4 is 15.9 Å². The first-order chi connectivity index (χ1) is 10.0. The van der Waals surface area contributed by atoms with Crippen LogP contribution in [0.1, 0.15) is 48.8 Å². The first-order valence-electron chi connectivity index (χ1n) is 7.55.